The molecule has 0 aromatic heterocycles. The molecule has 0 aromatic rings. The fourth-order valence-electron chi connectivity index (χ4n) is 0.477. The summed E-state index contributed by atoms with van der Waals surface area (Å²) in [5.41, 5.74) is 0. The monoisotopic (exact) mass is 144 g/mol. The number of hydrogen-bond acceptors (Lipinski definition) is 2. The zero-order chi connectivity index (χ0) is 7.98. The van der Waals surface area contributed by atoms with Crippen LogP contribution in [0.1, 0.15) is 13.8 Å². The van der Waals surface area contributed by atoms with Gasteiger partial charge in [0.1, 0.15) is 0 Å². The van der Waals surface area contributed by atoms with Crippen molar-refractivity contribution in [3.8, 4) is 0 Å². The molecule has 0 aliphatic heterocycles. The number of amides is 2. The SMILES string of the molecule is CC(=O)NCCNC(C)=O. The molecule has 0 heterocycles. The van der Waals surface area contributed by atoms with Crippen molar-refractivity contribution in [1.82, 2.24) is 10.6 Å². The minimum Gasteiger partial charge on any atom is -0.355 e. The molecule has 0 aliphatic rings. The quantitative estimate of drug-likeness (QED) is 0.512. The summed E-state index contributed by atoms with van der Waals surface area (Å²) in [6, 6.07) is 0. The van der Waals surface area contributed by atoms with Crippen LogP contribution in [-0.2, 0) is 9.59 Å². The maximum atomic E-state index is 10.3. The van der Waals surface area contributed by atoms with Crippen LogP contribution in [0.5, 0.6) is 0 Å². The van der Waals surface area contributed by atoms with E-state index in [1.54, 1.807) is 0 Å². The summed E-state index contributed by atoms with van der Waals surface area (Å²) in [4.78, 5) is 20.5. The van der Waals surface area contributed by atoms with Crippen molar-refractivity contribution in [2.75, 3.05) is 13.1 Å². The third-order valence-electron chi connectivity index (χ3n) is 0.873. The van der Waals surface area contributed by atoms with Gasteiger partial charge in [0.15, 0.2) is 0 Å². The molecule has 0 aromatic carbocycles. The number of nitrogens with one attached hydrogen (secondary N) is 2. The molecule has 0 aliphatic carbocycles. The van der Waals surface area contributed by atoms with Gasteiger partial charge in [-0.25, -0.2) is 0 Å². The first kappa shape index (κ1) is 8.94. The molecule has 2 amide bonds. The first-order valence-electron chi connectivity index (χ1n) is 3.12. The molecule has 0 rings (SSSR count). The highest BCUT2D eigenvalue weighted by atomic mass is 16.2. The van der Waals surface area contributed by atoms with Crippen molar-refractivity contribution < 1.29 is 9.59 Å². The minimum absolute atomic E-state index is 0.0784. The normalized spacial score (nSPS) is 8.60. The van der Waals surface area contributed by atoms with Crippen LogP contribution in [-0.4, -0.2) is 24.9 Å². The highest BCUT2D eigenvalue weighted by Crippen LogP contribution is 1.61. The van der Waals surface area contributed by atoms with Crippen LogP contribution in [0.15, 0.2) is 0 Å². The summed E-state index contributed by atoms with van der Waals surface area (Å²) in [5.74, 6) is -0.157. The molecule has 0 radical (unpaired) electrons. The highest BCUT2D eigenvalue weighted by molar-refractivity contribution is 5.74. The fraction of sp³-hybridized carbons (Fsp3) is 0.667. The van der Waals surface area contributed by atoms with Crippen molar-refractivity contribution in [3.63, 3.8) is 0 Å². The second-order valence-corrected chi connectivity index (χ2v) is 1.97. The lowest BCUT2D eigenvalue weighted by Gasteiger charge is -2.01. The molecule has 0 spiro atoms. The number of carbonyl (C=O) groups excluding carboxylic acids is 2. The van der Waals surface area contributed by atoms with Gasteiger partial charge in [-0.15, -0.1) is 0 Å². The van der Waals surface area contributed by atoms with E-state index >= 15 is 0 Å². The Bertz CT molecular complexity index is 118. The predicted molar refractivity (Wildman–Crippen MR) is 37.4 cm³/mol. The zero-order valence-electron chi connectivity index (χ0n) is 6.23. The average Bonchev–Trinajstić information content (AvgIpc) is 1.79. The Morgan fingerprint density at radius 2 is 1.30 bits per heavy atom. The van der Waals surface area contributed by atoms with E-state index in [0.717, 1.165) is 0 Å². The second kappa shape index (κ2) is 4.78. The summed E-state index contributed by atoms with van der Waals surface area (Å²) in [7, 11) is 0. The molecule has 0 unspecified atom stereocenters. The predicted octanol–water partition coefficient (Wildman–Crippen LogP) is -0.741. The van der Waals surface area contributed by atoms with Gasteiger partial charge >= 0.3 is 0 Å². The van der Waals surface area contributed by atoms with Crippen molar-refractivity contribution >= 4 is 11.8 Å². The van der Waals surface area contributed by atoms with Crippen molar-refractivity contribution in [3.05, 3.63) is 0 Å². The van der Waals surface area contributed by atoms with Crippen LogP contribution in [0, 0.1) is 0 Å². The van der Waals surface area contributed by atoms with Crippen LogP contribution < -0.4 is 10.6 Å². The fourth-order valence-corrected chi connectivity index (χ4v) is 0.477. The Labute approximate surface area is 60.0 Å². The van der Waals surface area contributed by atoms with E-state index in [9.17, 15) is 9.59 Å². The third kappa shape index (κ3) is 6.94. The van der Waals surface area contributed by atoms with Crippen LogP contribution in [0.4, 0.5) is 0 Å². The van der Waals surface area contributed by atoms with Crippen LogP contribution >= 0.6 is 0 Å². The maximum absolute atomic E-state index is 10.3. The van der Waals surface area contributed by atoms with E-state index in [0.29, 0.717) is 13.1 Å². The Morgan fingerprint density at radius 1 is 1.00 bits per heavy atom. The Hall–Kier alpha value is -1.06. The highest BCUT2D eigenvalue weighted by Gasteiger charge is 1.90. The van der Waals surface area contributed by atoms with Gasteiger partial charge in [-0.1, -0.05) is 0 Å². The van der Waals surface area contributed by atoms with E-state index in [1.165, 1.54) is 13.8 Å². The molecular formula is C6H12N2O2. The molecular weight excluding hydrogens is 132 g/mol. The van der Waals surface area contributed by atoms with Crippen molar-refractivity contribution in [1.29, 1.82) is 0 Å². The average molecular weight is 144 g/mol. The molecule has 2 N–H and O–H groups in total. The summed E-state index contributed by atoms with van der Waals surface area (Å²) in [6.07, 6.45) is 0. The lowest BCUT2D eigenvalue weighted by molar-refractivity contribution is -0.120. The van der Waals surface area contributed by atoms with Gasteiger partial charge in [0.2, 0.25) is 11.8 Å². The van der Waals surface area contributed by atoms with E-state index in [-0.39, 0.29) is 11.8 Å². The largest absolute Gasteiger partial charge is 0.355 e. The van der Waals surface area contributed by atoms with Gasteiger partial charge in [-0.3, -0.25) is 9.59 Å². The van der Waals surface area contributed by atoms with Gasteiger partial charge in [-0.05, 0) is 0 Å². The maximum Gasteiger partial charge on any atom is 0.216 e. The van der Waals surface area contributed by atoms with Crippen molar-refractivity contribution in [2.45, 2.75) is 13.8 Å². The molecule has 4 heteroatoms. The molecule has 0 saturated heterocycles. The molecule has 0 atom stereocenters. The van der Waals surface area contributed by atoms with E-state index < -0.39 is 0 Å². The first-order chi connectivity index (χ1) is 4.63. The molecule has 10 heavy (non-hydrogen) atoms. The van der Waals surface area contributed by atoms with Gasteiger partial charge in [-0.2, -0.15) is 0 Å². The van der Waals surface area contributed by atoms with E-state index in [2.05, 4.69) is 10.6 Å². The number of rotatable bonds is 3. The zero-order valence-corrected chi connectivity index (χ0v) is 6.23. The van der Waals surface area contributed by atoms with E-state index in [1.807, 2.05) is 0 Å². The lowest BCUT2D eigenvalue weighted by Crippen LogP contribution is -2.32. The van der Waals surface area contributed by atoms with Gasteiger partial charge in [0.05, 0.1) is 0 Å². The van der Waals surface area contributed by atoms with Crippen molar-refractivity contribution in [2.24, 2.45) is 0 Å². The van der Waals surface area contributed by atoms with E-state index in [4.69, 9.17) is 0 Å². The standard InChI is InChI=1S/C6H12N2O2/c1-5(9)7-3-4-8-6(2)10/h3-4H2,1-2H3,(H,7,9)(H,8,10). The van der Waals surface area contributed by atoms with Gasteiger partial charge in [0.25, 0.3) is 0 Å². The molecule has 0 bridgehead atoms. The molecule has 0 saturated carbocycles. The molecule has 58 valence electrons. The summed E-state index contributed by atoms with van der Waals surface area (Å²) >= 11 is 0. The van der Waals surface area contributed by atoms with Crippen LogP contribution in [0.3, 0.4) is 0 Å². The minimum atomic E-state index is -0.0784. The van der Waals surface area contributed by atoms with Crippen LogP contribution in [0.2, 0.25) is 0 Å². The lowest BCUT2D eigenvalue weighted by atomic mass is 10.5. The summed E-state index contributed by atoms with van der Waals surface area (Å²) < 4.78 is 0. The Kier molecular flexibility index (Phi) is 4.28. The topological polar surface area (TPSA) is 58.2 Å². The Morgan fingerprint density at radius 3 is 1.50 bits per heavy atom. The smallest absolute Gasteiger partial charge is 0.216 e. The number of hydrogen-bond donors (Lipinski definition) is 2. The Balaban J connectivity index is 3.06. The number of carbonyl (C=O) groups is 2. The second-order valence-electron chi connectivity index (χ2n) is 1.97. The van der Waals surface area contributed by atoms with Gasteiger partial charge < -0.3 is 10.6 Å². The summed E-state index contributed by atoms with van der Waals surface area (Å²) in [5, 5.41) is 5.09. The third-order valence-corrected chi connectivity index (χ3v) is 0.873. The molecule has 0 fully saturated rings. The molecule has 4 nitrogen and oxygen atoms in total. The van der Waals surface area contributed by atoms with Gasteiger partial charge in [0, 0.05) is 26.9 Å². The summed E-state index contributed by atoms with van der Waals surface area (Å²) in [6.45, 7) is 3.87. The van der Waals surface area contributed by atoms with Crippen LogP contribution in [0.25, 0.3) is 0 Å². The first-order valence-corrected chi connectivity index (χ1v) is 3.12.